The second kappa shape index (κ2) is 7.32. The van der Waals surface area contributed by atoms with Gasteiger partial charge in [0.2, 0.25) is 0 Å². The van der Waals surface area contributed by atoms with Crippen LogP contribution in [-0.4, -0.2) is 35.2 Å². The Labute approximate surface area is 110 Å². The molecule has 0 saturated carbocycles. The zero-order valence-corrected chi connectivity index (χ0v) is 10.5. The molecule has 0 aliphatic carbocycles. The van der Waals surface area contributed by atoms with Crippen LogP contribution in [0.4, 0.5) is 5.69 Å². The van der Waals surface area contributed by atoms with E-state index in [0.717, 1.165) is 0 Å². The summed E-state index contributed by atoms with van der Waals surface area (Å²) in [4.78, 5) is 21.4. The number of nitro groups is 1. The Bertz CT molecular complexity index is 450. The first-order chi connectivity index (χ1) is 9.02. The fraction of sp³-hybridized carbons (Fsp3) is 0.417. The predicted octanol–water partition coefficient (Wildman–Crippen LogP) is 0.861. The van der Waals surface area contributed by atoms with Gasteiger partial charge < -0.3 is 15.2 Å². The number of benzene rings is 1. The molecule has 0 aliphatic heterocycles. The van der Waals surface area contributed by atoms with Crippen molar-refractivity contribution in [1.82, 2.24) is 5.32 Å². The lowest BCUT2D eigenvalue weighted by Crippen LogP contribution is -2.35. The van der Waals surface area contributed by atoms with Gasteiger partial charge in [0.1, 0.15) is 5.75 Å². The molecule has 104 valence electrons. The van der Waals surface area contributed by atoms with Crippen LogP contribution in [0.2, 0.25) is 0 Å². The van der Waals surface area contributed by atoms with E-state index in [0.29, 0.717) is 6.42 Å². The second-order valence-electron chi connectivity index (χ2n) is 3.91. The highest BCUT2D eigenvalue weighted by Crippen LogP contribution is 2.18. The van der Waals surface area contributed by atoms with Gasteiger partial charge in [0, 0.05) is 12.6 Å². The zero-order valence-electron chi connectivity index (χ0n) is 10.5. The van der Waals surface area contributed by atoms with Gasteiger partial charge in [-0.1, -0.05) is 13.0 Å². The monoisotopic (exact) mass is 268 g/mol. The van der Waals surface area contributed by atoms with Crippen molar-refractivity contribution in [2.75, 3.05) is 13.2 Å². The number of ether oxygens (including phenoxy) is 1. The third-order valence-electron chi connectivity index (χ3n) is 2.40. The number of amides is 1. The Morgan fingerprint density at radius 2 is 2.32 bits per heavy atom. The number of aliphatic hydroxyl groups is 1. The summed E-state index contributed by atoms with van der Waals surface area (Å²) in [5.74, 6) is -0.139. The van der Waals surface area contributed by atoms with Crippen LogP contribution in [-0.2, 0) is 4.79 Å². The van der Waals surface area contributed by atoms with E-state index in [4.69, 9.17) is 4.74 Å². The average Bonchev–Trinajstić information content (AvgIpc) is 2.42. The maximum Gasteiger partial charge on any atom is 0.273 e. The van der Waals surface area contributed by atoms with E-state index in [2.05, 4.69) is 5.32 Å². The van der Waals surface area contributed by atoms with Crippen LogP contribution in [0.1, 0.15) is 13.3 Å². The highest BCUT2D eigenvalue weighted by atomic mass is 16.6. The van der Waals surface area contributed by atoms with Crippen molar-refractivity contribution < 1.29 is 19.6 Å². The number of nitrogens with zero attached hydrogens (tertiary/aromatic N) is 1. The van der Waals surface area contributed by atoms with E-state index in [9.17, 15) is 20.0 Å². The first-order valence-corrected chi connectivity index (χ1v) is 5.85. The van der Waals surface area contributed by atoms with Gasteiger partial charge in [-0.3, -0.25) is 14.9 Å². The van der Waals surface area contributed by atoms with Gasteiger partial charge in [0.05, 0.1) is 17.1 Å². The van der Waals surface area contributed by atoms with Crippen molar-refractivity contribution in [2.45, 2.75) is 19.4 Å². The number of aliphatic hydroxyl groups excluding tert-OH is 1. The molecule has 1 rings (SSSR count). The van der Waals surface area contributed by atoms with E-state index in [1.54, 1.807) is 6.92 Å². The molecule has 1 atom stereocenters. The minimum atomic E-state index is -0.582. The molecular formula is C12H16N2O5. The maximum atomic E-state index is 11.4. The quantitative estimate of drug-likeness (QED) is 0.564. The Hall–Kier alpha value is -2.15. The van der Waals surface area contributed by atoms with Crippen molar-refractivity contribution in [3.63, 3.8) is 0 Å². The summed E-state index contributed by atoms with van der Waals surface area (Å²) >= 11 is 0. The smallest absolute Gasteiger partial charge is 0.273 e. The molecule has 1 amide bonds. The molecule has 0 heterocycles. The molecule has 0 saturated heterocycles. The van der Waals surface area contributed by atoms with E-state index in [1.807, 2.05) is 0 Å². The van der Waals surface area contributed by atoms with Gasteiger partial charge >= 0.3 is 0 Å². The van der Waals surface area contributed by atoms with E-state index < -0.39 is 11.0 Å². The summed E-state index contributed by atoms with van der Waals surface area (Å²) in [6.07, 6.45) is -0.0341. The minimum Gasteiger partial charge on any atom is -0.484 e. The number of rotatable bonds is 7. The molecule has 0 aromatic heterocycles. The minimum absolute atomic E-state index is 0.0979. The molecule has 1 aromatic rings. The summed E-state index contributed by atoms with van der Waals surface area (Å²) in [6, 6.07) is 5.59. The maximum absolute atomic E-state index is 11.4. The zero-order chi connectivity index (χ0) is 14.3. The lowest BCUT2D eigenvalue weighted by Gasteiger charge is -2.10. The Kier molecular flexibility index (Phi) is 5.74. The van der Waals surface area contributed by atoms with Crippen LogP contribution in [0.3, 0.4) is 0 Å². The van der Waals surface area contributed by atoms with Crippen molar-refractivity contribution in [1.29, 1.82) is 0 Å². The SMILES string of the molecule is CCC(O)CNC(=O)COc1cccc([N+](=O)[O-])c1. The highest BCUT2D eigenvalue weighted by Gasteiger charge is 2.09. The first-order valence-electron chi connectivity index (χ1n) is 5.85. The lowest BCUT2D eigenvalue weighted by molar-refractivity contribution is -0.384. The lowest BCUT2D eigenvalue weighted by atomic mass is 10.3. The summed E-state index contributed by atoms with van der Waals surface area (Å²) in [7, 11) is 0. The summed E-state index contributed by atoms with van der Waals surface area (Å²) in [5.41, 5.74) is -0.0979. The third-order valence-corrected chi connectivity index (χ3v) is 2.40. The van der Waals surface area contributed by atoms with Gasteiger partial charge in [-0.15, -0.1) is 0 Å². The van der Waals surface area contributed by atoms with E-state index >= 15 is 0 Å². The molecule has 19 heavy (non-hydrogen) atoms. The van der Waals surface area contributed by atoms with Crippen LogP contribution in [0.15, 0.2) is 24.3 Å². The number of carbonyl (C=O) groups is 1. The number of non-ortho nitro benzene ring substituents is 1. The van der Waals surface area contributed by atoms with Gasteiger partial charge in [0.25, 0.3) is 11.6 Å². The molecule has 1 aromatic carbocycles. The molecule has 7 heteroatoms. The number of nitro benzene ring substituents is 1. The Balaban J connectivity index is 2.42. The van der Waals surface area contributed by atoms with Crippen molar-refractivity contribution >= 4 is 11.6 Å². The Morgan fingerprint density at radius 1 is 1.58 bits per heavy atom. The predicted molar refractivity (Wildman–Crippen MR) is 67.9 cm³/mol. The molecule has 1 unspecified atom stereocenters. The van der Waals surface area contributed by atoms with Crippen molar-refractivity contribution in [3.8, 4) is 5.75 Å². The fourth-order valence-electron chi connectivity index (χ4n) is 1.26. The number of carbonyl (C=O) groups excluding carboxylic acids is 1. The topological polar surface area (TPSA) is 102 Å². The molecule has 0 fully saturated rings. The van der Waals surface area contributed by atoms with Gasteiger partial charge in [-0.25, -0.2) is 0 Å². The summed E-state index contributed by atoms with van der Waals surface area (Å²) in [6.45, 7) is 1.71. The van der Waals surface area contributed by atoms with Crippen LogP contribution < -0.4 is 10.1 Å². The fourth-order valence-corrected chi connectivity index (χ4v) is 1.26. The highest BCUT2D eigenvalue weighted by molar-refractivity contribution is 5.77. The molecular weight excluding hydrogens is 252 g/mol. The van der Waals surface area contributed by atoms with Crippen LogP contribution in [0.5, 0.6) is 5.75 Å². The average molecular weight is 268 g/mol. The van der Waals surface area contributed by atoms with Crippen molar-refractivity contribution in [3.05, 3.63) is 34.4 Å². The Morgan fingerprint density at radius 3 is 2.95 bits per heavy atom. The number of nitrogens with one attached hydrogen (secondary N) is 1. The first kappa shape index (κ1) is 14.9. The molecule has 0 radical (unpaired) electrons. The summed E-state index contributed by atoms with van der Waals surface area (Å²) in [5, 5.41) is 22.3. The second-order valence-corrected chi connectivity index (χ2v) is 3.91. The molecule has 0 bridgehead atoms. The van der Waals surface area contributed by atoms with E-state index in [1.165, 1.54) is 24.3 Å². The van der Waals surface area contributed by atoms with E-state index in [-0.39, 0.29) is 30.5 Å². The normalized spacial score (nSPS) is 11.7. The third kappa shape index (κ3) is 5.35. The molecule has 2 N–H and O–H groups in total. The largest absolute Gasteiger partial charge is 0.484 e. The van der Waals surface area contributed by atoms with Gasteiger partial charge in [-0.05, 0) is 12.5 Å². The van der Waals surface area contributed by atoms with Gasteiger partial charge in [0.15, 0.2) is 6.61 Å². The van der Waals surface area contributed by atoms with Crippen LogP contribution in [0, 0.1) is 10.1 Å². The van der Waals surface area contributed by atoms with Crippen molar-refractivity contribution in [2.24, 2.45) is 0 Å². The molecule has 0 spiro atoms. The number of hydrogen-bond acceptors (Lipinski definition) is 5. The molecule has 7 nitrogen and oxygen atoms in total. The number of hydrogen-bond donors (Lipinski definition) is 2. The van der Waals surface area contributed by atoms with Crippen LogP contribution in [0.25, 0.3) is 0 Å². The summed E-state index contributed by atoms with van der Waals surface area (Å²) < 4.78 is 5.13. The molecule has 0 aliphatic rings. The van der Waals surface area contributed by atoms with Gasteiger partial charge in [-0.2, -0.15) is 0 Å². The van der Waals surface area contributed by atoms with Crippen LogP contribution >= 0.6 is 0 Å². The standard InChI is InChI=1S/C12H16N2O5/c1-2-10(15)7-13-12(16)8-19-11-5-3-4-9(6-11)14(17)18/h3-6,10,15H,2,7-8H2,1H3,(H,13,16).